The molecule has 7 nitrogen and oxygen atoms in total. The summed E-state index contributed by atoms with van der Waals surface area (Å²) in [4.78, 5) is 38.5. The average molecular weight is 438 g/mol. The maximum Gasteiger partial charge on any atom is 0.251 e. The van der Waals surface area contributed by atoms with Crippen LogP contribution in [0.4, 0.5) is 0 Å². The van der Waals surface area contributed by atoms with Crippen molar-refractivity contribution in [1.29, 1.82) is 0 Å². The van der Waals surface area contributed by atoms with Gasteiger partial charge in [-0.25, -0.2) is 0 Å². The van der Waals surface area contributed by atoms with Crippen LogP contribution in [-0.2, 0) is 9.59 Å². The Hall–Kier alpha value is -3.35. The maximum atomic E-state index is 12.4. The van der Waals surface area contributed by atoms with Gasteiger partial charge in [0.15, 0.2) is 0 Å². The fourth-order valence-electron chi connectivity index (χ4n) is 3.61. The Bertz CT molecular complexity index is 891. The van der Waals surface area contributed by atoms with Gasteiger partial charge >= 0.3 is 0 Å². The quantitative estimate of drug-likeness (QED) is 0.591. The van der Waals surface area contributed by atoms with Gasteiger partial charge in [0.05, 0.1) is 13.2 Å². The van der Waals surface area contributed by atoms with Crippen LogP contribution in [0.3, 0.4) is 0 Å². The fourth-order valence-corrected chi connectivity index (χ4v) is 3.61. The average Bonchev–Trinajstić information content (AvgIpc) is 2.82. The van der Waals surface area contributed by atoms with Crippen LogP contribution in [0.1, 0.15) is 41.6 Å². The van der Waals surface area contributed by atoms with Crippen molar-refractivity contribution in [2.75, 3.05) is 26.2 Å². The van der Waals surface area contributed by atoms with Crippen LogP contribution in [0.5, 0.6) is 5.75 Å². The van der Waals surface area contributed by atoms with E-state index < -0.39 is 0 Å². The van der Waals surface area contributed by atoms with Gasteiger partial charge in [0.25, 0.3) is 5.91 Å². The molecule has 1 aliphatic heterocycles. The molecule has 0 aromatic heterocycles. The molecule has 0 spiro atoms. The Morgan fingerprint density at radius 3 is 2.38 bits per heavy atom. The Labute approximate surface area is 189 Å². The Morgan fingerprint density at radius 1 is 1.00 bits per heavy atom. The molecule has 0 aliphatic carbocycles. The van der Waals surface area contributed by atoms with Gasteiger partial charge in [-0.2, -0.15) is 0 Å². The number of likely N-dealkylation sites (tertiary alicyclic amines) is 1. The molecule has 0 radical (unpaired) electrons. The lowest BCUT2D eigenvalue weighted by Gasteiger charge is -2.32. The molecule has 2 aromatic carbocycles. The molecule has 3 rings (SSSR count). The third-order valence-corrected chi connectivity index (χ3v) is 5.48. The van der Waals surface area contributed by atoms with Crippen molar-refractivity contribution in [3.8, 4) is 5.75 Å². The minimum Gasteiger partial charge on any atom is -0.494 e. The highest BCUT2D eigenvalue weighted by atomic mass is 16.5. The molecule has 7 heteroatoms. The first-order chi connectivity index (χ1) is 15.5. The second-order valence-corrected chi connectivity index (χ2v) is 8.04. The van der Waals surface area contributed by atoms with E-state index in [1.54, 1.807) is 24.3 Å². The van der Waals surface area contributed by atoms with Gasteiger partial charge in [-0.15, -0.1) is 0 Å². The van der Waals surface area contributed by atoms with Crippen molar-refractivity contribution in [2.24, 2.45) is 0 Å². The minimum atomic E-state index is -0.271. The summed E-state index contributed by atoms with van der Waals surface area (Å²) >= 11 is 0. The van der Waals surface area contributed by atoms with Gasteiger partial charge in [-0.05, 0) is 50.5 Å². The van der Waals surface area contributed by atoms with E-state index >= 15 is 0 Å². The van der Waals surface area contributed by atoms with Crippen molar-refractivity contribution >= 4 is 17.7 Å². The first-order valence-corrected chi connectivity index (χ1v) is 11.1. The zero-order valence-electron chi connectivity index (χ0n) is 18.5. The summed E-state index contributed by atoms with van der Waals surface area (Å²) < 4.78 is 5.68. The molecule has 1 heterocycles. The first-order valence-electron chi connectivity index (χ1n) is 11.1. The second-order valence-electron chi connectivity index (χ2n) is 8.04. The monoisotopic (exact) mass is 437 g/mol. The van der Waals surface area contributed by atoms with E-state index in [4.69, 9.17) is 4.74 Å². The molecule has 0 saturated carbocycles. The van der Waals surface area contributed by atoms with Crippen molar-refractivity contribution in [3.05, 3.63) is 65.7 Å². The number of amides is 3. The lowest BCUT2D eigenvalue weighted by molar-refractivity contribution is -0.132. The minimum absolute atomic E-state index is 0.0186. The number of carbonyl (C=O) groups excluding carboxylic acids is 3. The summed E-state index contributed by atoms with van der Waals surface area (Å²) in [6.07, 6.45) is 2.55. The molecule has 0 atom stereocenters. The highest BCUT2D eigenvalue weighted by Gasteiger charge is 2.23. The normalized spacial score (nSPS) is 14.0. The van der Waals surface area contributed by atoms with Gasteiger partial charge in [-0.1, -0.05) is 35.9 Å². The number of benzene rings is 2. The van der Waals surface area contributed by atoms with Crippen LogP contribution in [-0.4, -0.2) is 54.9 Å². The van der Waals surface area contributed by atoms with Crippen molar-refractivity contribution in [2.45, 2.75) is 38.6 Å². The molecule has 32 heavy (non-hydrogen) atoms. The molecule has 170 valence electrons. The molecular formula is C25H31N3O4. The summed E-state index contributed by atoms with van der Waals surface area (Å²) in [5, 5.41) is 5.58. The molecule has 2 N–H and O–H groups in total. The highest BCUT2D eigenvalue weighted by Crippen LogP contribution is 2.14. The Balaban J connectivity index is 1.28. The third kappa shape index (κ3) is 7.41. The summed E-state index contributed by atoms with van der Waals surface area (Å²) in [6, 6.07) is 16.7. The number of ether oxygens (including phenoxy) is 1. The summed E-state index contributed by atoms with van der Waals surface area (Å²) in [5.41, 5.74) is 1.71. The van der Waals surface area contributed by atoms with Gasteiger partial charge in [0, 0.05) is 31.1 Å². The highest BCUT2D eigenvalue weighted by molar-refractivity contribution is 5.96. The van der Waals surface area contributed by atoms with Crippen molar-refractivity contribution < 1.29 is 19.1 Å². The number of nitrogens with one attached hydrogen (secondary N) is 2. The standard InChI is InChI=1S/C25H31N3O4/c1-19-9-11-22(12-10-19)32-17-5-8-24(30)28-15-13-21(14-16-28)27-23(29)18-26-25(31)20-6-3-2-4-7-20/h2-4,6-7,9-12,21H,5,8,13-18H2,1H3,(H,26,31)(H,27,29). The van der Waals surface area contributed by atoms with Gasteiger partial charge in [0.1, 0.15) is 5.75 Å². The van der Waals surface area contributed by atoms with E-state index in [0.29, 0.717) is 50.9 Å². The topological polar surface area (TPSA) is 87.7 Å². The van der Waals surface area contributed by atoms with E-state index in [0.717, 1.165) is 5.75 Å². The first kappa shape index (κ1) is 23.3. The molecule has 1 aliphatic rings. The number of aryl methyl sites for hydroxylation is 1. The largest absolute Gasteiger partial charge is 0.494 e. The smallest absolute Gasteiger partial charge is 0.251 e. The zero-order valence-corrected chi connectivity index (χ0v) is 18.5. The van der Waals surface area contributed by atoms with E-state index in [9.17, 15) is 14.4 Å². The third-order valence-electron chi connectivity index (χ3n) is 5.48. The number of hydrogen-bond donors (Lipinski definition) is 2. The fraction of sp³-hybridized carbons (Fsp3) is 0.400. The lowest BCUT2D eigenvalue weighted by Crippen LogP contribution is -2.48. The number of nitrogens with zero attached hydrogens (tertiary/aromatic N) is 1. The lowest BCUT2D eigenvalue weighted by atomic mass is 10.0. The van der Waals surface area contributed by atoms with Crippen molar-refractivity contribution in [3.63, 3.8) is 0 Å². The SMILES string of the molecule is Cc1ccc(OCCCC(=O)N2CCC(NC(=O)CNC(=O)c3ccccc3)CC2)cc1. The Kier molecular flexibility index (Phi) is 8.66. The molecular weight excluding hydrogens is 406 g/mol. The molecule has 0 bridgehead atoms. The van der Waals surface area contributed by atoms with Gasteiger partial charge in [-0.3, -0.25) is 14.4 Å². The van der Waals surface area contributed by atoms with E-state index in [-0.39, 0.29) is 30.3 Å². The second kappa shape index (κ2) is 11.9. The predicted molar refractivity (Wildman–Crippen MR) is 122 cm³/mol. The molecule has 0 unspecified atom stereocenters. The van der Waals surface area contributed by atoms with E-state index in [1.807, 2.05) is 42.2 Å². The molecule has 1 fully saturated rings. The summed E-state index contributed by atoms with van der Waals surface area (Å²) in [6.45, 7) is 3.72. The predicted octanol–water partition coefficient (Wildman–Crippen LogP) is 2.69. The van der Waals surface area contributed by atoms with E-state index in [2.05, 4.69) is 10.6 Å². The van der Waals surface area contributed by atoms with Crippen LogP contribution in [0.2, 0.25) is 0 Å². The van der Waals surface area contributed by atoms with Crippen LogP contribution in [0.15, 0.2) is 54.6 Å². The summed E-state index contributed by atoms with van der Waals surface area (Å²) in [5.74, 6) is 0.455. The molecule has 3 amide bonds. The van der Waals surface area contributed by atoms with Crippen LogP contribution in [0.25, 0.3) is 0 Å². The number of rotatable bonds is 9. The molecule has 2 aromatic rings. The van der Waals surface area contributed by atoms with Crippen molar-refractivity contribution in [1.82, 2.24) is 15.5 Å². The number of hydrogen-bond acceptors (Lipinski definition) is 4. The van der Waals surface area contributed by atoms with E-state index in [1.165, 1.54) is 5.56 Å². The van der Waals surface area contributed by atoms with Crippen LogP contribution >= 0.6 is 0 Å². The molecule has 1 saturated heterocycles. The number of piperidine rings is 1. The van der Waals surface area contributed by atoms with Gasteiger partial charge < -0.3 is 20.3 Å². The maximum absolute atomic E-state index is 12.4. The van der Waals surface area contributed by atoms with Gasteiger partial charge in [0.2, 0.25) is 11.8 Å². The number of carbonyl (C=O) groups is 3. The van der Waals surface area contributed by atoms with Crippen LogP contribution < -0.4 is 15.4 Å². The van der Waals surface area contributed by atoms with Crippen LogP contribution in [0, 0.1) is 6.92 Å². The Morgan fingerprint density at radius 2 is 1.69 bits per heavy atom. The summed E-state index contributed by atoms with van der Waals surface area (Å²) in [7, 11) is 0. The zero-order chi connectivity index (χ0) is 22.8.